The van der Waals surface area contributed by atoms with Crippen molar-refractivity contribution < 1.29 is 22.8 Å². The van der Waals surface area contributed by atoms with Gasteiger partial charge in [0.1, 0.15) is 6.54 Å². The average molecular weight is 470 g/mol. The van der Waals surface area contributed by atoms with Crippen LogP contribution in [-0.4, -0.2) is 67.2 Å². The molecule has 4 amide bonds. The molecule has 2 saturated heterocycles. The van der Waals surface area contributed by atoms with E-state index in [2.05, 4.69) is 5.32 Å². The van der Waals surface area contributed by atoms with Gasteiger partial charge in [-0.25, -0.2) is 13.2 Å². The van der Waals surface area contributed by atoms with Crippen LogP contribution in [0.4, 0.5) is 4.79 Å². The molecule has 174 valence electrons. The van der Waals surface area contributed by atoms with Crippen LogP contribution in [0.3, 0.4) is 0 Å². The fourth-order valence-electron chi connectivity index (χ4n) is 4.47. The van der Waals surface area contributed by atoms with Gasteiger partial charge in [0, 0.05) is 13.1 Å². The first-order valence-corrected chi connectivity index (χ1v) is 12.6. The predicted molar refractivity (Wildman–Crippen MR) is 123 cm³/mol. The van der Waals surface area contributed by atoms with Crippen LogP contribution in [0.2, 0.25) is 0 Å². The molecule has 2 aromatic rings. The minimum absolute atomic E-state index is 0.0301. The van der Waals surface area contributed by atoms with Crippen molar-refractivity contribution in [1.29, 1.82) is 0 Å². The minimum Gasteiger partial charge on any atom is -0.340 e. The van der Waals surface area contributed by atoms with E-state index in [1.807, 2.05) is 38.1 Å². The maximum atomic E-state index is 13.8. The smallest absolute Gasteiger partial charge is 0.326 e. The van der Waals surface area contributed by atoms with Gasteiger partial charge in [0.25, 0.3) is 5.91 Å². The number of benzene rings is 2. The molecule has 0 bridgehead atoms. The number of imide groups is 1. The molecule has 9 heteroatoms. The zero-order valence-corrected chi connectivity index (χ0v) is 19.7. The Morgan fingerprint density at radius 1 is 1.09 bits per heavy atom. The van der Waals surface area contributed by atoms with Gasteiger partial charge in [0.2, 0.25) is 5.91 Å². The number of aryl methyl sites for hydroxylation is 2. The van der Waals surface area contributed by atoms with E-state index in [-0.39, 0.29) is 11.5 Å². The van der Waals surface area contributed by atoms with Gasteiger partial charge >= 0.3 is 6.03 Å². The number of likely N-dealkylation sites (N-methyl/N-ethyl adjacent to an activating group) is 1. The molecule has 2 atom stereocenters. The first kappa shape index (κ1) is 23.0. The molecule has 2 aliphatic heterocycles. The third-order valence-corrected chi connectivity index (χ3v) is 8.45. The SMILES string of the molecule is Cc1ccc([C@@]2(c3ccccc3)NC(=O)N(CC(=O)N(C)[C@@H]3CCS(=O)(=O)C3)C2=O)cc1C. The van der Waals surface area contributed by atoms with Crippen LogP contribution in [-0.2, 0) is 25.0 Å². The Hall–Kier alpha value is -3.20. The van der Waals surface area contributed by atoms with Crippen LogP contribution in [0.1, 0.15) is 28.7 Å². The number of carbonyl (C=O) groups is 3. The third-order valence-electron chi connectivity index (χ3n) is 6.70. The Balaban J connectivity index is 1.67. The van der Waals surface area contributed by atoms with E-state index in [1.54, 1.807) is 24.3 Å². The topological polar surface area (TPSA) is 104 Å². The summed E-state index contributed by atoms with van der Waals surface area (Å²) in [5.41, 5.74) is 1.78. The molecule has 1 N–H and O–H groups in total. The largest absolute Gasteiger partial charge is 0.340 e. The Morgan fingerprint density at radius 2 is 1.79 bits per heavy atom. The van der Waals surface area contributed by atoms with E-state index in [9.17, 15) is 22.8 Å². The van der Waals surface area contributed by atoms with Crippen LogP contribution in [0.5, 0.6) is 0 Å². The Kier molecular flexibility index (Phi) is 5.78. The van der Waals surface area contributed by atoms with E-state index in [0.717, 1.165) is 16.0 Å². The first-order chi connectivity index (χ1) is 15.5. The van der Waals surface area contributed by atoms with Crippen LogP contribution in [0, 0.1) is 13.8 Å². The molecular weight excluding hydrogens is 442 g/mol. The number of sulfone groups is 1. The number of nitrogens with zero attached hydrogens (tertiary/aromatic N) is 2. The second kappa shape index (κ2) is 8.30. The molecule has 0 aliphatic carbocycles. The van der Waals surface area contributed by atoms with E-state index in [0.29, 0.717) is 17.5 Å². The van der Waals surface area contributed by atoms with Crippen molar-refractivity contribution >= 4 is 27.7 Å². The highest BCUT2D eigenvalue weighted by atomic mass is 32.2. The van der Waals surface area contributed by atoms with Gasteiger partial charge < -0.3 is 10.2 Å². The van der Waals surface area contributed by atoms with E-state index < -0.39 is 45.8 Å². The van der Waals surface area contributed by atoms with Crippen LogP contribution in [0.25, 0.3) is 0 Å². The predicted octanol–water partition coefficient (Wildman–Crippen LogP) is 1.74. The third kappa shape index (κ3) is 4.01. The molecule has 2 aromatic carbocycles. The van der Waals surface area contributed by atoms with Gasteiger partial charge in [0.05, 0.1) is 11.5 Å². The van der Waals surface area contributed by atoms with Crippen molar-refractivity contribution in [2.45, 2.75) is 31.8 Å². The Bertz CT molecular complexity index is 1230. The number of carbonyl (C=O) groups excluding carboxylic acids is 3. The van der Waals surface area contributed by atoms with E-state index >= 15 is 0 Å². The summed E-state index contributed by atoms with van der Waals surface area (Å²) in [6.45, 7) is 3.44. The molecular formula is C24H27N3O5S. The second-order valence-electron chi connectivity index (χ2n) is 8.80. The number of rotatable bonds is 5. The summed E-state index contributed by atoms with van der Waals surface area (Å²) in [5, 5.41) is 2.84. The number of hydrogen-bond acceptors (Lipinski definition) is 5. The summed E-state index contributed by atoms with van der Waals surface area (Å²) in [6, 6.07) is 13.4. The molecule has 0 radical (unpaired) electrons. The molecule has 0 saturated carbocycles. The van der Waals surface area contributed by atoms with Crippen molar-refractivity contribution in [2.24, 2.45) is 0 Å². The summed E-state index contributed by atoms with van der Waals surface area (Å²) in [4.78, 5) is 42.0. The van der Waals surface area contributed by atoms with E-state index in [4.69, 9.17) is 0 Å². The van der Waals surface area contributed by atoms with E-state index in [1.165, 1.54) is 11.9 Å². The van der Waals surface area contributed by atoms with Crippen molar-refractivity contribution in [3.8, 4) is 0 Å². The van der Waals surface area contributed by atoms with Crippen molar-refractivity contribution in [3.63, 3.8) is 0 Å². The highest BCUT2D eigenvalue weighted by molar-refractivity contribution is 7.91. The Morgan fingerprint density at radius 3 is 2.39 bits per heavy atom. The summed E-state index contributed by atoms with van der Waals surface area (Å²) in [6.07, 6.45) is 0.349. The monoisotopic (exact) mass is 469 g/mol. The lowest BCUT2D eigenvalue weighted by atomic mass is 9.81. The molecule has 4 rings (SSSR count). The number of urea groups is 1. The zero-order valence-electron chi connectivity index (χ0n) is 18.9. The Labute approximate surface area is 193 Å². The van der Waals surface area contributed by atoms with Crippen molar-refractivity contribution in [3.05, 3.63) is 70.8 Å². The number of hydrogen-bond donors (Lipinski definition) is 1. The zero-order chi connectivity index (χ0) is 24.0. The lowest BCUT2D eigenvalue weighted by Crippen LogP contribution is -2.47. The van der Waals surface area contributed by atoms with Gasteiger partial charge in [-0.3, -0.25) is 14.5 Å². The summed E-state index contributed by atoms with van der Waals surface area (Å²) >= 11 is 0. The van der Waals surface area contributed by atoms with Gasteiger partial charge in [-0.05, 0) is 42.5 Å². The summed E-state index contributed by atoms with van der Waals surface area (Å²) in [7, 11) is -1.66. The fraction of sp³-hybridized carbons (Fsp3) is 0.375. The quantitative estimate of drug-likeness (QED) is 0.672. The fourth-order valence-corrected chi connectivity index (χ4v) is 6.25. The highest BCUT2D eigenvalue weighted by Crippen LogP contribution is 2.37. The van der Waals surface area contributed by atoms with Gasteiger partial charge in [0.15, 0.2) is 15.4 Å². The minimum atomic E-state index is -3.17. The van der Waals surface area contributed by atoms with Crippen LogP contribution >= 0.6 is 0 Å². The van der Waals surface area contributed by atoms with Gasteiger partial charge in [-0.1, -0.05) is 48.5 Å². The lowest BCUT2D eigenvalue weighted by molar-refractivity contribution is -0.138. The molecule has 8 nitrogen and oxygen atoms in total. The average Bonchev–Trinajstić information content (AvgIpc) is 3.27. The van der Waals surface area contributed by atoms with Crippen molar-refractivity contribution in [1.82, 2.24) is 15.1 Å². The normalized spacial score (nSPS) is 24.1. The molecule has 0 aromatic heterocycles. The van der Waals surface area contributed by atoms with Crippen molar-refractivity contribution in [2.75, 3.05) is 25.1 Å². The second-order valence-corrected chi connectivity index (χ2v) is 11.0. The molecule has 33 heavy (non-hydrogen) atoms. The standard InChI is InChI=1S/C24H27N3O5S/c1-16-9-10-19(13-17(16)2)24(18-7-5-4-6-8-18)22(29)27(23(30)25-24)14-21(28)26(3)20-11-12-33(31,32)15-20/h4-10,13,20H,11-12,14-15H2,1-3H3,(H,25,30)/t20-,24-/m1/s1. The molecule has 2 heterocycles. The van der Waals surface area contributed by atoms with Gasteiger partial charge in [-0.2, -0.15) is 0 Å². The molecule has 2 aliphatic rings. The number of amides is 4. The van der Waals surface area contributed by atoms with Gasteiger partial charge in [-0.15, -0.1) is 0 Å². The maximum absolute atomic E-state index is 13.8. The first-order valence-electron chi connectivity index (χ1n) is 10.8. The maximum Gasteiger partial charge on any atom is 0.326 e. The summed E-state index contributed by atoms with van der Waals surface area (Å²) < 4.78 is 23.6. The number of nitrogens with one attached hydrogen (secondary N) is 1. The van der Waals surface area contributed by atoms with Crippen LogP contribution < -0.4 is 5.32 Å². The molecule has 2 fully saturated rings. The molecule has 0 unspecified atom stereocenters. The van der Waals surface area contributed by atoms with Crippen LogP contribution in [0.15, 0.2) is 48.5 Å². The summed E-state index contributed by atoms with van der Waals surface area (Å²) in [5.74, 6) is -1.10. The highest BCUT2D eigenvalue weighted by Gasteiger charge is 2.54. The lowest BCUT2D eigenvalue weighted by Gasteiger charge is -2.29. The molecule has 0 spiro atoms.